The molecule has 102 valence electrons. The van der Waals surface area contributed by atoms with Crippen molar-refractivity contribution in [2.24, 2.45) is 0 Å². The van der Waals surface area contributed by atoms with Gasteiger partial charge in [-0.3, -0.25) is 9.80 Å². The lowest BCUT2D eigenvalue weighted by Gasteiger charge is -2.54. The van der Waals surface area contributed by atoms with Gasteiger partial charge in [0.15, 0.2) is 6.17 Å². The molecule has 4 heterocycles. The zero-order chi connectivity index (χ0) is 12.2. The fourth-order valence-electron chi connectivity index (χ4n) is 4.93. The average Bonchev–Trinajstić information content (AvgIpc) is 2.96. The number of hydrogen-bond acceptors (Lipinski definition) is 3. The lowest BCUT2D eigenvalue weighted by molar-refractivity contribution is -0.954. The van der Waals surface area contributed by atoms with Gasteiger partial charge in [0.1, 0.15) is 6.17 Å². The summed E-state index contributed by atoms with van der Waals surface area (Å²) in [5.41, 5.74) is 0. The first-order chi connectivity index (χ1) is 8.84. The molecular weight excluding hydrogens is 224 g/mol. The maximum Gasteiger partial charge on any atom is 0.175 e. The van der Waals surface area contributed by atoms with E-state index in [1.165, 1.54) is 76.2 Å². The highest BCUT2D eigenvalue weighted by Crippen LogP contribution is 2.38. The number of nitrogens with zero attached hydrogens (tertiary/aromatic N) is 4. The molecule has 3 atom stereocenters. The van der Waals surface area contributed by atoms with Gasteiger partial charge in [0.05, 0.1) is 26.2 Å². The summed E-state index contributed by atoms with van der Waals surface area (Å²) < 4.78 is 1.42. The molecule has 4 aliphatic heterocycles. The molecule has 0 bridgehead atoms. The number of quaternary nitrogens is 1. The van der Waals surface area contributed by atoms with Gasteiger partial charge in [-0.05, 0) is 6.42 Å². The summed E-state index contributed by atoms with van der Waals surface area (Å²) in [5.74, 6) is 0. The maximum absolute atomic E-state index is 2.81. The molecule has 4 fully saturated rings. The second-order valence-corrected chi connectivity index (χ2v) is 6.68. The van der Waals surface area contributed by atoms with Crippen LogP contribution in [0.4, 0.5) is 0 Å². The average molecular weight is 251 g/mol. The summed E-state index contributed by atoms with van der Waals surface area (Å²) in [5, 5.41) is 0. The molecule has 0 radical (unpaired) electrons. The molecule has 0 aromatic rings. The third-order valence-corrected chi connectivity index (χ3v) is 5.92. The van der Waals surface area contributed by atoms with E-state index in [-0.39, 0.29) is 0 Å². The Morgan fingerprint density at radius 2 is 1.50 bits per heavy atom. The van der Waals surface area contributed by atoms with Gasteiger partial charge in [-0.15, -0.1) is 0 Å². The lowest BCUT2D eigenvalue weighted by Crippen LogP contribution is -2.73. The molecule has 18 heavy (non-hydrogen) atoms. The zero-order valence-electron chi connectivity index (χ0n) is 11.7. The van der Waals surface area contributed by atoms with Crippen molar-refractivity contribution >= 4 is 0 Å². The maximum atomic E-state index is 2.81. The van der Waals surface area contributed by atoms with Gasteiger partial charge in [-0.1, -0.05) is 13.3 Å². The monoisotopic (exact) mass is 251 g/mol. The van der Waals surface area contributed by atoms with E-state index in [2.05, 4.69) is 21.6 Å². The van der Waals surface area contributed by atoms with Crippen LogP contribution < -0.4 is 0 Å². The van der Waals surface area contributed by atoms with Crippen LogP contribution in [-0.2, 0) is 0 Å². The molecule has 4 saturated heterocycles. The van der Waals surface area contributed by atoms with Gasteiger partial charge >= 0.3 is 0 Å². The fraction of sp³-hybridized carbons (Fsp3) is 1.00. The topological polar surface area (TPSA) is 9.72 Å². The Morgan fingerprint density at radius 1 is 0.889 bits per heavy atom. The third-order valence-electron chi connectivity index (χ3n) is 5.92. The van der Waals surface area contributed by atoms with Crippen molar-refractivity contribution in [3.63, 3.8) is 0 Å². The quantitative estimate of drug-likeness (QED) is 0.664. The highest BCUT2D eigenvalue weighted by Gasteiger charge is 2.59. The second-order valence-electron chi connectivity index (χ2n) is 6.68. The van der Waals surface area contributed by atoms with E-state index in [1.807, 2.05) is 0 Å². The zero-order valence-corrected chi connectivity index (χ0v) is 11.7. The Balaban J connectivity index is 1.65. The largest absolute Gasteiger partial charge is 0.304 e. The van der Waals surface area contributed by atoms with E-state index in [1.54, 1.807) is 0 Å². The molecule has 0 aromatic carbocycles. The number of unbranched alkanes of at least 4 members (excludes halogenated alkanes) is 1. The van der Waals surface area contributed by atoms with Gasteiger partial charge < -0.3 is 4.48 Å². The predicted octanol–water partition coefficient (Wildman–Crippen LogP) is 0.216. The molecule has 0 aromatic heterocycles. The molecule has 0 N–H and O–H groups in total. The summed E-state index contributed by atoms with van der Waals surface area (Å²) in [6.45, 7) is 14.6. The molecule has 0 spiro atoms. The van der Waals surface area contributed by atoms with E-state index in [9.17, 15) is 0 Å². The fourth-order valence-corrected chi connectivity index (χ4v) is 4.93. The highest BCUT2D eigenvalue weighted by atomic mass is 15.6. The molecule has 0 saturated carbocycles. The summed E-state index contributed by atoms with van der Waals surface area (Å²) in [6, 6.07) is 0. The normalized spacial score (nSPS) is 44.5. The Hall–Kier alpha value is -0.160. The number of hydrogen-bond donors (Lipinski definition) is 0. The van der Waals surface area contributed by atoms with E-state index in [0.717, 1.165) is 12.3 Å². The van der Waals surface area contributed by atoms with Crippen LogP contribution in [0.5, 0.6) is 0 Å². The molecule has 0 amide bonds. The Morgan fingerprint density at radius 3 is 2.22 bits per heavy atom. The van der Waals surface area contributed by atoms with E-state index >= 15 is 0 Å². The first kappa shape index (κ1) is 11.6. The highest BCUT2D eigenvalue weighted by molar-refractivity contribution is 4.97. The van der Waals surface area contributed by atoms with Crippen molar-refractivity contribution in [3.05, 3.63) is 0 Å². The van der Waals surface area contributed by atoms with Crippen molar-refractivity contribution in [1.82, 2.24) is 14.7 Å². The minimum absolute atomic E-state index is 0.756. The summed E-state index contributed by atoms with van der Waals surface area (Å²) in [4.78, 5) is 8.35. The van der Waals surface area contributed by atoms with Gasteiger partial charge in [-0.2, -0.15) is 0 Å². The van der Waals surface area contributed by atoms with Gasteiger partial charge in [0, 0.05) is 32.7 Å². The molecule has 4 heteroatoms. The van der Waals surface area contributed by atoms with Crippen LogP contribution in [0.15, 0.2) is 0 Å². The van der Waals surface area contributed by atoms with Crippen LogP contribution >= 0.6 is 0 Å². The summed E-state index contributed by atoms with van der Waals surface area (Å²) in [7, 11) is 0. The van der Waals surface area contributed by atoms with Crippen LogP contribution in [0.25, 0.3) is 0 Å². The van der Waals surface area contributed by atoms with Crippen LogP contribution in [-0.4, -0.2) is 90.4 Å². The van der Waals surface area contributed by atoms with E-state index in [4.69, 9.17) is 0 Å². The molecule has 0 aliphatic carbocycles. The van der Waals surface area contributed by atoms with Crippen molar-refractivity contribution in [2.75, 3.05) is 58.9 Å². The molecular formula is C14H27N4+. The SMILES string of the molecule is CCCC[N+]12CCN3CCN4CCN(CC1)C2C43. The Labute approximate surface area is 111 Å². The van der Waals surface area contributed by atoms with Crippen LogP contribution in [0.1, 0.15) is 19.8 Å². The summed E-state index contributed by atoms with van der Waals surface area (Å²) >= 11 is 0. The number of rotatable bonds is 3. The number of piperazine rings is 2. The second kappa shape index (κ2) is 4.17. The minimum Gasteiger partial charge on any atom is -0.304 e. The van der Waals surface area contributed by atoms with Crippen LogP contribution in [0.3, 0.4) is 0 Å². The van der Waals surface area contributed by atoms with Crippen molar-refractivity contribution < 1.29 is 4.48 Å². The first-order valence-electron chi connectivity index (χ1n) is 7.92. The van der Waals surface area contributed by atoms with Gasteiger partial charge in [0.25, 0.3) is 0 Å². The Kier molecular flexibility index (Phi) is 2.70. The van der Waals surface area contributed by atoms with Crippen molar-refractivity contribution in [1.29, 1.82) is 0 Å². The van der Waals surface area contributed by atoms with Crippen LogP contribution in [0, 0.1) is 0 Å². The lowest BCUT2D eigenvalue weighted by atomic mass is 10.1. The molecule has 4 rings (SSSR count). The standard InChI is InChI=1S/C14H27N4/c1-2-3-10-18-11-8-16-5-4-15-6-7-17(9-12-18)14(18)13(15)16/h13-14H,2-12H2,1H3/q+1. The molecule has 3 unspecified atom stereocenters. The smallest absolute Gasteiger partial charge is 0.175 e. The van der Waals surface area contributed by atoms with E-state index in [0.29, 0.717) is 0 Å². The third kappa shape index (κ3) is 1.46. The summed E-state index contributed by atoms with van der Waals surface area (Å²) in [6.07, 6.45) is 4.33. The van der Waals surface area contributed by atoms with Crippen molar-refractivity contribution in [3.8, 4) is 0 Å². The van der Waals surface area contributed by atoms with Crippen LogP contribution in [0.2, 0.25) is 0 Å². The van der Waals surface area contributed by atoms with Gasteiger partial charge in [-0.25, -0.2) is 4.90 Å². The minimum atomic E-state index is 0.756. The van der Waals surface area contributed by atoms with E-state index < -0.39 is 0 Å². The van der Waals surface area contributed by atoms with Crippen molar-refractivity contribution in [2.45, 2.75) is 32.1 Å². The molecule has 4 aliphatic rings. The predicted molar refractivity (Wildman–Crippen MR) is 72.1 cm³/mol. The first-order valence-corrected chi connectivity index (χ1v) is 7.92. The van der Waals surface area contributed by atoms with Gasteiger partial charge in [0.2, 0.25) is 0 Å². The molecule has 4 nitrogen and oxygen atoms in total. The Bertz CT molecular complexity index is 328.